The lowest BCUT2D eigenvalue weighted by Gasteiger charge is -2.37. The molecule has 0 radical (unpaired) electrons. The van der Waals surface area contributed by atoms with Gasteiger partial charge in [-0.15, -0.1) is 0 Å². The second kappa shape index (κ2) is 8.07. The minimum absolute atomic E-state index is 0.0733. The first-order chi connectivity index (χ1) is 12.5. The fraction of sp³-hybridized carbons (Fsp3) is 0.700. The van der Waals surface area contributed by atoms with Crippen molar-refractivity contribution in [2.24, 2.45) is 5.41 Å². The summed E-state index contributed by atoms with van der Waals surface area (Å²) in [6.45, 7) is 6.11. The first-order valence-electron chi connectivity index (χ1n) is 9.69. The molecule has 0 saturated carbocycles. The molecule has 1 aromatic heterocycles. The summed E-state index contributed by atoms with van der Waals surface area (Å²) in [4.78, 5) is 29.2. The van der Waals surface area contributed by atoms with E-state index in [1.807, 2.05) is 41.6 Å². The van der Waals surface area contributed by atoms with Crippen LogP contribution in [0.25, 0.3) is 0 Å². The van der Waals surface area contributed by atoms with E-state index in [1.165, 1.54) is 12.8 Å². The van der Waals surface area contributed by atoms with E-state index in [0.717, 1.165) is 48.6 Å². The van der Waals surface area contributed by atoms with Crippen LogP contribution in [0.1, 0.15) is 60.9 Å². The molecule has 1 atom stereocenters. The van der Waals surface area contributed by atoms with Gasteiger partial charge in [-0.25, -0.2) is 0 Å². The van der Waals surface area contributed by atoms with Crippen LogP contribution in [0.3, 0.4) is 0 Å². The number of hydrogen-bond donors (Lipinski definition) is 0. The summed E-state index contributed by atoms with van der Waals surface area (Å²) >= 11 is 1.89. The number of unbranched alkanes of at least 4 members (excludes halogenated alkanes) is 1. The molecule has 0 aromatic carbocycles. The zero-order valence-corrected chi connectivity index (χ0v) is 17.0. The van der Waals surface area contributed by atoms with E-state index >= 15 is 0 Å². The second-order valence-electron chi connectivity index (χ2n) is 7.69. The largest absolute Gasteiger partial charge is 0.456 e. The summed E-state index contributed by atoms with van der Waals surface area (Å²) in [5.41, 5.74) is 0.736. The van der Waals surface area contributed by atoms with Gasteiger partial charge >= 0.3 is 0 Å². The van der Waals surface area contributed by atoms with Gasteiger partial charge in [0.15, 0.2) is 5.76 Å². The van der Waals surface area contributed by atoms with Crippen LogP contribution >= 0.6 is 11.8 Å². The van der Waals surface area contributed by atoms with Crippen LogP contribution in [0.5, 0.6) is 0 Å². The maximum Gasteiger partial charge on any atom is 0.289 e. The third-order valence-electron chi connectivity index (χ3n) is 5.72. The van der Waals surface area contributed by atoms with Crippen molar-refractivity contribution >= 4 is 23.6 Å². The molecule has 2 saturated heterocycles. The van der Waals surface area contributed by atoms with Crippen LogP contribution in [0.4, 0.5) is 0 Å². The van der Waals surface area contributed by atoms with E-state index in [9.17, 15) is 9.59 Å². The predicted molar refractivity (Wildman–Crippen MR) is 104 cm³/mol. The summed E-state index contributed by atoms with van der Waals surface area (Å²) in [7, 11) is 1.87. The summed E-state index contributed by atoms with van der Waals surface area (Å²) in [5, 5.41) is 0. The molecule has 2 amide bonds. The summed E-state index contributed by atoms with van der Waals surface area (Å²) in [5.74, 6) is 3.39. The Morgan fingerprint density at radius 3 is 2.92 bits per heavy atom. The third-order valence-corrected chi connectivity index (χ3v) is 6.81. The predicted octanol–water partition coefficient (Wildman–Crippen LogP) is 3.71. The van der Waals surface area contributed by atoms with Crippen molar-refractivity contribution in [3.8, 4) is 0 Å². The van der Waals surface area contributed by atoms with Gasteiger partial charge in [-0.2, -0.15) is 11.8 Å². The molecular formula is C20H30N2O3S. The molecule has 0 bridgehead atoms. The first-order valence-corrected chi connectivity index (χ1v) is 10.8. The Labute approximate surface area is 160 Å². The Kier molecular flexibility index (Phi) is 6.00. The van der Waals surface area contributed by atoms with Crippen molar-refractivity contribution in [1.82, 2.24) is 9.80 Å². The highest BCUT2D eigenvalue weighted by atomic mass is 32.2. The molecule has 3 heterocycles. The molecule has 2 fully saturated rings. The molecule has 0 aliphatic carbocycles. The van der Waals surface area contributed by atoms with Crippen LogP contribution in [0.2, 0.25) is 0 Å². The number of amides is 2. The van der Waals surface area contributed by atoms with Crippen molar-refractivity contribution in [3.63, 3.8) is 0 Å². The van der Waals surface area contributed by atoms with Crippen LogP contribution in [-0.2, 0) is 10.5 Å². The zero-order chi connectivity index (χ0) is 18.7. The van der Waals surface area contributed by atoms with Crippen LogP contribution in [-0.4, -0.2) is 54.0 Å². The molecule has 3 rings (SSSR count). The lowest BCUT2D eigenvalue weighted by Crippen LogP contribution is -2.48. The van der Waals surface area contributed by atoms with E-state index in [2.05, 4.69) is 6.92 Å². The number of carbonyl (C=O) groups excluding carboxylic acids is 2. The Balaban J connectivity index is 1.64. The molecular weight excluding hydrogens is 348 g/mol. The van der Waals surface area contributed by atoms with E-state index in [-0.39, 0.29) is 17.2 Å². The van der Waals surface area contributed by atoms with Crippen LogP contribution in [0, 0.1) is 12.3 Å². The molecule has 1 spiro atoms. The molecule has 2 aliphatic rings. The summed E-state index contributed by atoms with van der Waals surface area (Å²) in [6.07, 6.45) is 5.08. The minimum Gasteiger partial charge on any atom is -0.456 e. The number of piperidine rings is 1. The third kappa shape index (κ3) is 3.80. The topological polar surface area (TPSA) is 53.8 Å². The maximum absolute atomic E-state index is 12.9. The lowest BCUT2D eigenvalue weighted by atomic mass is 9.78. The van der Waals surface area contributed by atoms with Gasteiger partial charge in [-0.3, -0.25) is 9.59 Å². The fourth-order valence-electron chi connectivity index (χ4n) is 4.05. The Morgan fingerprint density at radius 2 is 2.15 bits per heavy atom. The zero-order valence-electron chi connectivity index (χ0n) is 16.2. The molecule has 0 N–H and O–H groups in total. The van der Waals surface area contributed by atoms with E-state index < -0.39 is 0 Å². The van der Waals surface area contributed by atoms with Gasteiger partial charge in [0.2, 0.25) is 5.91 Å². The molecule has 5 nitrogen and oxygen atoms in total. The summed E-state index contributed by atoms with van der Waals surface area (Å²) in [6, 6.07) is 1.90. The fourth-order valence-corrected chi connectivity index (χ4v) is 5.19. The highest BCUT2D eigenvalue weighted by molar-refractivity contribution is 7.98. The van der Waals surface area contributed by atoms with Crippen molar-refractivity contribution in [2.75, 3.05) is 32.4 Å². The van der Waals surface area contributed by atoms with Crippen molar-refractivity contribution in [2.45, 2.75) is 51.7 Å². The van der Waals surface area contributed by atoms with Crippen molar-refractivity contribution in [3.05, 3.63) is 23.2 Å². The lowest BCUT2D eigenvalue weighted by molar-refractivity contribution is -0.143. The number of thioether (sulfide) groups is 1. The van der Waals surface area contributed by atoms with Crippen molar-refractivity contribution < 1.29 is 14.0 Å². The Bertz CT molecular complexity index is 672. The van der Waals surface area contributed by atoms with Gasteiger partial charge in [-0.1, -0.05) is 13.3 Å². The second-order valence-corrected chi connectivity index (χ2v) is 8.79. The van der Waals surface area contributed by atoms with Gasteiger partial charge < -0.3 is 14.2 Å². The maximum atomic E-state index is 12.9. The normalized spacial score (nSPS) is 23.3. The number of furan rings is 1. The highest BCUT2D eigenvalue weighted by Gasteiger charge is 2.49. The Hall–Kier alpha value is -1.43. The van der Waals surface area contributed by atoms with E-state index in [1.54, 1.807) is 0 Å². The standard InChI is InChI=1S/C20H30N2O3S/c1-4-5-11-26-13-16-12-17(25-15(16)2)18(23)22-10-8-20(14-22)7-6-9-21(3)19(20)24/h12H,4-11,13-14H2,1-3H3/t20-/m0/s1. The monoisotopic (exact) mass is 378 g/mol. The van der Waals surface area contributed by atoms with E-state index in [4.69, 9.17) is 4.42 Å². The molecule has 2 aliphatic heterocycles. The van der Waals surface area contributed by atoms with Gasteiger partial charge in [-0.05, 0) is 44.4 Å². The number of hydrogen-bond acceptors (Lipinski definition) is 4. The number of nitrogens with zero attached hydrogens (tertiary/aromatic N) is 2. The van der Waals surface area contributed by atoms with Gasteiger partial charge in [0.05, 0.1) is 5.41 Å². The number of likely N-dealkylation sites (tertiary alicyclic amines) is 2. The quantitative estimate of drug-likeness (QED) is 0.708. The molecule has 26 heavy (non-hydrogen) atoms. The van der Waals surface area contributed by atoms with Crippen LogP contribution < -0.4 is 0 Å². The van der Waals surface area contributed by atoms with Crippen molar-refractivity contribution in [1.29, 1.82) is 0 Å². The minimum atomic E-state index is -0.372. The average Bonchev–Trinajstić information content (AvgIpc) is 3.21. The molecule has 6 heteroatoms. The smallest absolute Gasteiger partial charge is 0.289 e. The van der Waals surface area contributed by atoms with Gasteiger partial charge in [0.25, 0.3) is 5.91 Å². The van der Waals surface area contributed by atoms with Crippen LogP contribution in [0.15, 0.2) is 10.5 Å². The van der Waals surface area contributed by atoms with Gasteiger partial charge in [0, 0.05) is 38.0 Å². The summed E-state index contributed by atoms with van der Waals surface area (Å²) < 4.78 is 5.77. The molecule has 144 valence electrons. The molecule has 1 aromatic rings. The Morgan fingerprint density at radius 1 is 1.35 bits per heavy atom. The number of aryl methyl sites for hydroxylation is 1. The number of rotatable bonds is 6. The van der Waals surface area contributed by atoms with E-state index in [0.29, 0.717) is 18.8 Å². The van der Waals surface area contributed by atoms with Gasteiger partial charge in [0.1, 0.15) is 5.76 Å². The highest BCUT2D eigenvalue weighted by Crippen LogP contribution is 2.40. The SMILES string of the molecule is CCCCSCc1cc(C(=O)N2CC[C@@]3(CCCN(C)C3=O)C2)oc1C. The number of carbonyl (C=O) groups is 2. The average molecular weight is 379 g/mol. The first kappa shape index (κ1) is 19.3. The molecule has 0 unspecified atom stereocenters.